The second kappa shape index (κ2) is 8.96. The lowest BCUT2D eigenvalue weighted by molar-refractivity contribution is -0.121. The maximum Gasteiger partial charge on any atom is 0.343 e. The third kappa shape index (κ3) is 4.12. The molecule has 8 heteroatoms. The van der Waals surface area contributed by atoms with Crippen molar-refractivity contribution in [1.82, 2.24) is 0 Å². The van der Waals surface area contributed by atoms with Crippen molar-refractivity contribution >= 4 is 67.2 Å². The number of benzene rings is 3. The fourth-order valence-corrected chi connectivity index (χ4v) is 4.89. The molecular weight excluding hydrogens is 552 g/mol. The second-order valence-electron chi connectivity index (χ2n) is 7.52. The summed E-state index contributed by atoms with van der Waals surface area (Å²) in [4.78, 5) is 42.6. The molecule has 3 aromatic rings. The van der Waals surface area contributed by atoms with Crippen LogP contribution in [0.2, 0.25) is 0 Å². The molecule has 0 radical (unpaired) electrons. The van der Waals surface area contributed by atoms with E-state index >= 15 is 0 Å². The highest BCUT2D eigenvalue weighted by molar-refractivity contribution is 9.11. The summed E-state index contributed by atoms with van der Waals surface area (Å²) in [6, 6.07) is 16.4. The van der Waals surface area contributed by atoms with E-state index < -0.39 is 17.8 Å². The third-order valence-electron chi connectivity index (χ3n) is 5.32. The van der Waals surface area contributed by atoms with Crippen molar-refractivity contribution in [2.45, 2.75) is 13.8 Å². The quantitative estimate of drug-likeness (QED) is 0.304. The van der Waals surface area contributed by atoms with Gasteiger partial charge in [-0.3, -0.25) is 9.59 Å². The summed E-state index contributed by atoms with van der Waals surface area (Å²) < 4.78 is 1.03. The van der Waals surface area contributed by atoms with Gasteiger partial charge in [0.15, 0.2) is 0 Å². The summed E-state index contributed by atoms with van der Waals surface area (Å²) in [5.74, 6) is -1.66. The van der Waals surface area contributed by atoms with Gasteiger partial charge in [0.1, 0.15) is 11.3 Å². The van der Waals surface area contributed by atoms with Crippen LogP contribution in [0.3, 0.4) is 0 Å². The van der Waals surface area contributed by atoms with E-state index in [1.165, 1.54) is 6.08 Å². The average Bonchev–Trinajstić information content (AvgIpc) is 2.77. The summed E-state index contributed by atoms with van der Waals surface area (Å²) in [6.07, 6.45) is 1.30. The van der Waals surface area contributed by atoms with E-state index in [4.69, 9.17) is 0 Å². The highest BCUT2D eigenvalue weighted by Gasteiger charge is 2.44. The number of urea groups is 1. The van der Waals surface area contributed by atoms with Crippen molar-refractivity contribution in [3.8, 4) is 5.75 Å². The lowest BCUT2D eigenvalue weighted by Crippen LogP contribution is -2.57. The van der Waals surface area contributed by atoms with Gasteiger partial charge < -0.3 is 5.11 Å². The average molecular weight is 570 g/mol. The number of aromatic hydroxyl groups is 1. The summed E-state index contributed by atoms with van der Waals surface area (Å²) >= 11 is 6.62. The van der Waals surface area contributed by atoms with Gasteiger partial charge in [-0.2, -0.15) is 0 Å². The van der Waals surface area contributed by atoms with Crippen LogP contribution in [0.15, 0.2) is 75.2 Å². The SMILES string of the molecule is Cc1ccccc1N1C(=O)C(=Cc2cc(Br)cc(Br)c2O)C(=O)N(c2ccccc2C)C1=O. The predicted molar refractivity (Wildman–Crippen MR) is 134 cm³/mol. The predicted octanol–water partition coefficient (Wildman–Crippen LogP) is 6.12. The fraction of sp³-hybridized carbons (Fsp3) is 0.0800. The van der Waals surface area contributed by atoms with Gasteiger partial charge in [0.05, 0.1) is 15.8 Å². The van der Waals surface area contributed by atoms with Crippen molar-refractivity contribution < 1.29 is 19.5 Å². The first-order chi connectivity index (χ1) is 15.7. The number of amides is 4. The molecule has 0 saturated carbocycles. The minimum Gasteiger partial charge on any atom is -0.506 e. The molecule has 33 heavy (non-hydrogen) atoms. The first-order valence-electron chi connectivity index (χ1n) is 9.94. The molecule has 6 nitrogen and oxygen atoms in total. The molecule has 1 N–H and O–H groups in total. The van der Waals surface area contributed by atoms with Crippen LogP contribution in [0.25, 0.3) is 6.08 Å². The Balaban J connectivity index is 1.96. The summed E-state index contributed by atoms with van der Waals surface area (Å²) in [5, 5.41) is 10.5. The second-order valence-corrected chi connectivity index (χ2v) is 9.29. The van der Waals surface area contributed by atoms with Crippen molar-refractivity contribution in [2.24, 2.45) is 0 Å². The number of anilines is 2. The van der Waals surface area contributed by atoms with Crippen LogP contribution in [0.5, 0.6) is 5.75 Å². The van der Waals surface area contributed by atoms with E-state index in [9.17, 15) is 19.5 Å². The number of barbiturate groups is 1. The molecule has 4 rings (SSSR count). The molecule has 1 aliphatic rings. The minimum atomic E-state index is -0.764. The Kier molecular flexibility index (Phi) is 6.23. The van der Waals surface area contributed by atoms with Gasteiger partial charge >= 0.3 is 6.03 Å². The molecule has 4 amide bonds. The Morgan fingerprint density at radius 1 is 0.788 bits per heavy atom. The molecule has 1 aliphatic heterocycles. The number of carbonyl (C=O) groups is 3. The summed E-state index contributed by atoms with van der Waals surface area (Å²) in [7, 11) is 0. The molecule has 0 aliphatic carbocycles. The van der Waals surface area contributed by atoms with Crippen LogP contribution in [0.1, 0.15) is 16.7 Å². The highest BCUT2D eigenvalue weighted by Crippen LogP contribution is 2.36. The largest absolute Gasteiger partial charge is 0.506 e. The molecule has 1 fully saturated rings. The van der Waals surface area contributed by atoms with Crippen molar-refractivity contribution in [1.29, 1.82) is 0 Å². The highest BCUT2D eigenvalue weighted by atomic mass is 79.9. The number of aryl methyl sites for hydroxylation is 2. The zero-order valence-corrected chi connectivity index (χ0v) is 20.8. The number of para-hydroxylation sites is 2. The lowest BCUT2D eigenvalue weighted by Gasteiger charge is -2.35. The van der Waals surface area contributed by atoms with Crippen molar-refractivity contribution in [3.05, 3.63) is 91.9 Å². The van der Waals surface area contributed by atoms with Gasteiger partial charge in [-0.25, -0.2) is 14.6 Å². The van der Waals surface area contributed by atoms with Crippen molar-refractivity contribution in [3.63, 3.8) is 0 Å². The van der Waals surface area contributed by atoms with Gasteiger partial charge in [-0.05, 0) is 71.2 Å². The Morgan fingerprint density at radius 2 is 1.27 bits per heavy atom. The first kappa shape index (κ1) is 22.9. The zero-order chi connectivity index (χ0) is 23.9. The number of hydrogen-bond donors (Lipinski definition) is 1. The number of halogens is 2. The van der Waals surface area contributed by atoms with Crippen LogP contribution in [0, 0.1) is 13.8 Å². The van der Waals surface area contributed by atoms with E-state index in [0.29, 0.717) is 31.4 Å². The minimum absolute atomic E-state index is 0.131. The molecular formula is C25H18Br2N2O4. The molecule has 0 bridgehead atoms. The maximum absolute atomic E-state index is 13.5. The Bertz CT molecular complexity index is 1280. The number of nitrogens with zero attached hydrogens (tertiary/aromatic N) is 2. The Hall–Kier alpha value is -3.23. The third-order valence-corrected chi connectivity index (χ3v) is 6.38. The Labute approximate surface area is 207 Å². The van der Waals surface area contributed by atoms with Gasteiger partial charge in [0.2, 0.25) is 0 Å². The molecule has 0 aromatic heterocycles. The van der Waals surface area contributed by atoms with E-state index in [1.807, 2.05) is 0 Å². The Morgan fingerprint density at radius 3 is 1.76 bits per heavy atom. The molecule has 0 unspecified atom stereocenters. The van der Waals surface area contributed by atoms with Gasteiger partial charge in [-0.15, -0.1) is 0 Å². The van der Waals surface area contributed by atoms with E-state index in [1.54, 1.807) is 74.5 Å². The van der Waals surface area contributed by atoms with Gasteiger partial charge in [0, 0.05) is 10.0 Å². The van der Waals surface area contributed by atoms with E-state index in [0.717, 1.165) is 9.80 Å². The zero-order valence-electron chi connectivity index (χ0n) is 17.7. The van der Waals surface area contributed by atoms with Crippen LogP contribution in [0.4, 0.5) is 16.2 Å². The first-order valence-corrected chi connectivity index (χ1v) is 11.5. The molecule has 0 spiro atoms. The lowest BCUT2D eigenvalue weighted by atomic mass is 10.0. The summed E-state index contributed by atoms with van der Waals surface area (Å²) in [6.45, 7) is 3.57. The molecule has 1 saturated heterocycles. The number of phenols is 1. The molecule has 0 atom stereocenters. The molecule has 1 heterocycles. The van der Waals surface area contributed by atoms with Crippen LogP contribution < -0.4 is 9.80 Å². The van der Waals surface area contributed by atoms with E-state index in [2.05, 4.69) is 31.9 Å². The topological polar surface area (TPSA) is 77.9 Å². The maximum atomic E-state index is 13.5. The summed E-state index contributed by atoms with van der Waals surface area (Å²) in [5.41, 5.74) is 2.16. The number of hydrogen-bond acceptors (Lipinski definition) is 4. The van der Waals surface area contributed by atoms with Gasteiger partial charge in [0.25, 0.3) is 11.8 Å². The molecule has 3 aromatic carbocycles. The normalized spacial score (nSPS) is 14.2. The van der Waals surface area contributed by atoms with Gasteiger partial charge in [-0.1, -0.05) is 52.3 Å². The number of rotatable bonds is 3. The number of imide groups is 2. The monoisotopic (exact) mass is 568 g/mol. The smallest absolute Gasteiger partial charge is 0.343 e. The van der Waals surface area contributed by atoms with Crippen molar-refractivity contribution in [2.75, 3.05) is 9.80 Å². The van der Waals surface area contributed by atoms with Crippen LogP contribution in [-0.2, 0) is 9.59 Å². The molecule has 166 valence electrons. The fourth-order valence-electron chi connectivity index (χ4n) is 3.63. The number of carbonyl (C=O) groups excluding carboxylic acids is 3. The van der Waals surface area contributed by atoms with Crippen LogP contribution in [-0.4, -0.2) is 23.0 Å². The number of phenolic OH excluding ortho intramolecular Hbond substituents is 1. The standard InChI is InChI=1S/C25H18Br2N2O4/c1-14-7-3-5-9-20(14)28-23(31)18(12-16-11-17(26)13-19(27)22(16)30)24(32)29(25(28)33)21-10-6-4-8-15(21)2/h3-13,30H,1-2H3. The van der Waals surface area contributed by atoms with Crippen LogP contribution >= 0.6 is 31.9 Å². The van der Waals surface area contributed by atoms with E-state index in [-0.39, 0.29) is 16.9 Å².